The topological polar surface area (TPSA) is 80.5 Å². The summed E-state index contributed by atoms with van der Waals surface area (Å²) in [6, 6.07) is 5.89. The Kier molecular flexibility index (Phi) is 2.48. The largest absolute Gasteiger partial charge is 0.382 e. The number of nitrogens with one attached hydrogen (secondary N) is 1. The molecule has 0 spiro atoms. The van der Waals surface area contributed by atoms with Crippen molar-refractivity contribution >= 4 is 16.9 Å². The molecule has 5 heteroatoms. The van der Waals surface area contributed by atoms with Gasteiger partial charge in [-0.25, -0.2) is 9.97 Å². The van der Waals surface area contributed by atoms with Gasteiger partial charge in [-0.3, -0.25) is 5.10 Å². The maximum atomic E-state index is 5.63. The smallest absolute Gasteiger partial charge is 0.145 e. The molecule has 0 saturated carbocycles. The number of aromatic nitrogens is 4. The minimum absolute atomic E-state index is 0.455. The van der Waals surface area contributed by atoms with Crippen molar-refractivity contribution in [2.24, 2.45) is 0 Å². The molecule has 19 heavy (non-hydrogen) atoms. The molecular formula is C14H15N5. The van der Waals surface area contributed by atoms with Crippen molar-refractivity contribution in [2.45, 2.75) is 20.8 Å². The molecule has 2 heterocycles. The Morgan fingerprint density at radius 1 is 0.947 bits per heavy atom. The summed E-state index contributed by atoms with van der Waals surface area (Å²) in [6.07, 6.45) is 0. The highest BCUT2D eigenvalue weighted by atomic mass is 15.2. The Balaban J connectivity index is 2.27. The van der Waals surface area contributed by atoms with Crippen LogP contribution in [0.3, 0.4) is 0 Å². The zero-order valence-corrected chi connectivity index (χ0v) is 11.2. The summed E-state index contributed by atoms with van der Waals surface area (Å²) in [4.78, 5) is 9.28. The van der Waals surface area contributed by atoms with Gasteiger partial charge < -0.3 is 5.73 Å². The number of nitrogens with two attached hydrogens (primary N) is 1. The fourth-order valence-corrected chi connectivity index (χ4v) is 2.11. The van der Waals surface area contributed by atoms with Gasteiger partial charge in [0.15, 0.2) is 0 Å². The lowest BCUT2D eigenvalue weighted by Gasteiger charge is -2.07. The minimum atomic E-state index is 0.455. The Bertz CT molecular complexity index is 773. The van der Waals surface area contributed by atoms with Crippen LogP contribution in [0, 0.1) is 20.8 Å². The predicted octanol–water partition coefficient (Wildman–Crippen LogP) is 2.53. The highest BCUT2D eigenvalue weighted by Crippen LogP contribution is 2.23. The molecule has 0 saturated heterocycles. The minimum Gasteiger partial charge on any atom is -0.382 e. The van der Waals surface area contributed by atoms with Gasteiger partial charge in [0.1, 0.15) is 11.5 Å². The summed E-state index contributed by atoms with van der Waals surface area (Å²) in [7, 11) is 0. The monoisotopic (exact) mass is 253 g/mol. The van der Waals surface area contributed by atoms with Crippen LogP contribution in [0.25, 0.3) is 22.4 Å². The lowest BCUT2D eigenvalue weighted by atomic mass is 10.1. The molecule has 2 aromatic heterocycles. The van der Waals surface area contributed by atoms with Gasteiger partial charge >= 0.3 is 0 Å². The lowest BCUT2D eigenvalue weighted by molar-refractivity contribution is 1.08. The number of H-pyrrole nitrogens is 1. The van der Waals surface area contributed by atoms with E-state index >= 15 is 0 Å². The zero-order chi connectivity index (χ0) is 13.6. The van der Waals surface area contributed by atoms with Gasteiger partial charge in [-0.05, 0) is 44.0 Å². The highest BCUT2D eigenvalue weighted by Gasteiger charge is 2.10. The van der Waals surface area contributed by atoms with Gasteiger partial charge in [-0.1, -0.05) is 0 Å². The van der Waals surface area contributed by atoms with E-state index in [0.29, 0.717) is 5.82 Å². The van der Waals surface area contributed by atoms with Crippen LogP contribution in [0.15, 0.2) is 18.2 Å². The maximum Gasteiger partial charge on any atom is 0.145 e. The number of hydrogen-bond acceptors (Lipinski definition) is 4. The van der Waals surface area contributed by atoms with Gasteiger partial charge in [0, 0.05) is 6.07 Å². The Morgan fingerprint density at radius 3 is 2.16 bits per heavy atom. The summed E-state index contributed by atoms with van der Waals surface area (Å²) in [6.45, 7) is 6.09. The van der Waals surface area contributed by atoms with Crippen LogP contribution in [0.1, 0.15) is 16.8 Å². The third kappa shape index (κ3) is 1.93. The quantitative estimate of drug-likeness (QED) is 0.698. The Hall–Kier alpha value is -2.43. The molecule has 0 amide bonds. The van der Waals surface area contributed by atoms with E-state index in [4.69, 9.17) is 5.73 Å². The second-order valence-electron chi connectivity index (χ2n) is 4.79. The van der Waals surface area contributed by atoms with Gasteiger partial charge in [-0.2, -0.15) is 5.10 Å². The fraction of sp³-hybridized carbons (Fsp3) is 0.214. The first-order valence-corrected chi connectivity index (χ1v) is 6.11. The number of benzene rings is 1. The molecule has 0 aliphatic rings. The van der Waals surface area contributed by atoms with Crippen LogP contribution < -0.4 is 5.73 Å². The van der Waals surface area contributed by atoms with Gasteiger partial charge in [0.25, 0.3) is 0 Å². The average molecular weight is 253 g/mol. The predicted molar refractivity (Wildman–Crippen MR) is 75.7 cm³/mol. The molecule has 1 aromatic carbocycles. The van der Waals surface area contributed by atoms with E-state index in [2.05, 4.69) is 46.1 Å². The number of aromatic amines is 1. The van der Waals surface area contributed by atoms with Crippen LogP contribution in [-0.4, -0.2) is 20.2 Å². The summed E-state index contributed by atoms with van der Waals surface area (Å²) in [5.74, 6) is 0.455. The molecule has 0 aliphatic carbocycles. The van der Waals surface area contributed by atoms with E-state index in [1.165, 1.54) is 11.1 Å². The Labute approximate surface area is 110 Å². The van der Waals surface area contributed by atoms with E-state index < -0.39 is 0 Å². The summed E-state index contributed by atoms with van der Waals surface area (Å²) in [5, 5.41) is 6.81. The summed E-state index contributed by atoms with van der Waals surface area (Å²) >= 11 is 0. The molecule has 96 valence electrons. The van der Waals surface area contributed by atoms with Crippen LogP contribution in [0.2, 0.25) is 0 Å². The van der Waals surface area contributed by atoms with Crippen molar-refractivity contribution in [1.29, 1.82) is 0 Å². The second kappa shape index (κ2) is 4.05. The first-order chi connectivity index (χ1) is 9.04. The molecule has 3 aromatic rings. The van der Waals surface area contributed by atoms with Crippen LogP contribution in [0.5, 0.6) is 0 Å². The number of hydrogen-bond donors (Lipinski definition) is 2. The summed E-state index contributed by atoms with van der Waals surface area (Å²) in [5.41, 5.74) is 12.3. The van der Waals surface area contributed by atoms with Crippen molar-refractivity contribution in [3.8, 4) is 11.4 Å². The van der Waals surface area contributed by atoms with Crippen molar-refractivity contribution in [1.82, 2.24) is 20.2 Å². The molecule has 0 atom stereocenters. The molecule has 0 unspecified atom stereocenters. The first-order valence-electron chi connectivity index (χ1n) is 6.11. The van der Waals surface area contributed by atoms with Crippen molar-refractivity contribution in [2.75, 3.05) is 5.73 Å². The lowest BCUT2D eigenvalue weighted by Crippen LogP contribution is -1.96. The fourth-order valence-electron chi connectivity index (χ4n) is 2.11. The third-order valence-electron chi connectivity index (χ3n) is 3.31. The molecular weight excluding hydrogens is 238 g/mol. The summed E-state index contributed by atoms with van der Waals surface area (Å²) < 4.78 is 0. The molecule has 0 aliphatic heterocycles. The van der Waals surface area contributed by atoms with Gasteiger partial charge in [0.05, 0.1) is 22.4 Å². The second-order valence-corrected chi connectivity index (χ2v) is 4.79. The number of nitrogen functional groups attached to an aromatic ring is 1. The van der Waals surface area contributed by atoms with Crippen LogP contribution in [-0.2, 0) is 0 Å². The van der Waals surface area contributed by atoms with Crippen LogP contribution in [0.4, 0.5) is 5.82 Å². The molecule has 0 fully saturated rings. The Morgan fingerprint density at radius 2 is 1.58 bits per heavy atom. The normalized spacial score (nSPS) is 11.1. The van der Waals surface area contributed by atoms with Crippen LogP contribution >= 0.6 is 0 Å². The zero-order valence-electron chi connectivity index (χ0n) is 11.2. The van der Waals surface area contributed by atoms with Crippen molar-refractivity contribution in [3.05, 3.63) is 35.0 Å². The molecule has 0 radical (unpaired) electrons. The van der Waals surface area contributed by atoms with E-state index in [-0.39, 0.29) is 0 Å². The van der Waals surface area contributed by atoms with Crippen molar-refractivity contribution < 1.29 is 0 Å². The maximum absolute atomic E-state index is 5.63. The standard InChI is InChI=1S/C14H15N5/c1-7-4-10-11(5-8(7)2)17-14(9(3)16-10)12-6-13(15)19-18-12/h4-6H,1-3H3,(H3,15,18,19). The molecule has 3 N–H and O–H groups in total. The number of rotatable bonds is 1. The van der Waals surface area contributed by atoms with Gasteiger partial charge in [0.2, 0.25) is 0 Å². The number of anilines is 1. The molecule has 5 nitrogen and oxygen atoms in total. The average Bonchev–Trinajstić information content (AvgIpc) is 2.77. The van der Waals surface area contributed by atoms with Crippen molar-refractivity contribution in [3.63, 3.8) is 0 Å². The van der Waals surface area contributed by atoms with E-state index in [9.17, 15) is 0 Å². The molecule has 3 rings (SSSR count). The van der Waals surface area contributed by atoms with Gasteiger partial charge in [-0.15, -0.1) is 0 Å². The third-order valence-corrected chi connectivity index (χ3v) is 3.31. The first kappa shape index (κ1) is 11.6. The highest BCUT2D eigenvalue weighted by molar-refractivity contribution is 5.79. The number of nitrogens with zero attached hydrogens (tertiary/aromatic N) is 3. The number of fused-ring (bicyclic) bond motifs is 1. The van der Waals surface area contributed by atoms with E-state index in [1.54, 1.807) is 6.07 Å². The molecule has 0 bridgehead atoms. The van der Waals surface area contributed by atoms with E-state index in [0.717, 1.165) is 28.1 Å². The number of aryl methyl sites for hydroxylation is 3. The van der Waals surface area contributed by atoms with E-state index in [1.807, 2.05) is 6.92 Å². The SMILES string of the molecule is Cc1cc2nc(C)c(-c3cc(N)n[nH]3)nc2cc1C.